The van der Waals surface area contributed by atoms with Crippen LogP contribution in [0.15, 0.2) is 164 Å². The second-order valence-electron chi connectivity index (χ2n) is 11.9. The molecule has 7 aromatic carbocycles. The molecule has 0 atom stereocenters. The summed E-state index contributed by atoms with van der Waals surface area (Å²) in [5.41, 5.74) is 9.27. The summed E-state index contributed by atoms with van der Waals surface area (Å²) in [6, 6.07) is 46.4. The molecule has 0 N–H and O–H groups in total. The minimum atomic E-state index is -0.237. The van der Waals surface area contributed by atoms with E-state index in [1.54, 1.807) is 0 Å². The SMILES string of the molecule is [2H]c1c([2H])c(N(c2ccccc2)c2ccc3c(c2)C(C)(C)c2ccccc2-3)c([2H])c([2H])c1-c1cccc(-c2ccc3ccccc3c2)c1. The third kappa shape index (κ3) is 4.41. The van der Waals surface area contributed by atoms with E-state index in [0.29, 0.717) is 5.56 Å². The molecule has 0 unspecified atom stereocenters. The number of para-hydroxylation sites is 1. The second-order valence-corrected chi connectivity index (χ2v) is 11.9. The van der Waals surface area contributed by atoms with Gasteiger partial charge in [-0.2, -0.15) is 0 Å². The summed E-state index contributed by atoms with van der Waals surface area (Å²) in [5, 5.41) is 2.29. The minimum Gasteiger partial charge on any atom is -0.310 e. The van der Waals surface area contributed by atoms with E-state index >= 15 is 0 Å². The van der Waals surface area contributed by atoms with Crippen LogP contribution < -0.4 is 4.90 Å². The molecule has 0 radical (unpaired) electrons. The quantitative estimate of drug-likeness (QED) is 0.200. The van der Waals surface area contributed by atoms with E-state index in [4.69, 9.17) is 0 Å². The van der Waals surface area contributed by atoms with Crippen LogP contribution in [-0.4, -0.2) is 0 Å². The Balaban J connectivity index is 1.28. The largest absolute Gasteiger partial charge is 0.310 e. The van der Waals surface area contributed by atoms with Crippen LogP contribution in [0.2, 0.25) is 0 Å². The fourth-order valence-corrected chi connectivity index (χ4v) is 6.60. The molecule has 210 valence electrons. The Kier molecular flexibility index (Phi) is 5.24. The fraction of sp³-hybridized carbons (Fsp3) is 0.0698. The van der Waals surface area contributed by atoms with E-state index in [1.807, 2.05) is 77.7 Å². The molecule has 0 fully saturated rings. The van der Waals surface area contributed by atoms with Gasteiger partial charge < -0.3 is 4.90 Å². The Hall–Kier alpha value is -5.40. The molecule has 0 heterocycles. The van der Waals surface area contributed by atoms with E-state index in [-0.39, 0.29) is 40.8 Å². The van der Waals surface area contributed by atoms with Crippen LogP contribution in [0, 0.1) is 0 Å². The lowest BCUT2D eigenvalue weighted by Gasteiger charge is -2.28. The third-order valence-electron chi connectivity index (χ3n) is 8.91. The summed E-state index contributed by atoms with van der Waals surface area (Å²) in [4.78, 5) is 1.87. The highest BCUT2D eigenvalue weighted by atomic mass is 15.1. The maximum atomic E-state index is 9.36. The van der Waals surface area contributed by atoms with Crippen molar-refractivity contribution < 1.29 is 5.48 Å². The number of benzene rings is 7. The molecule has 1 heteroatoms. The van der Waals surface area contributed by atoms with Gasteiger partial charge in [0.15, 0.2) is 0 Å². The summed E-state index contributed by atoms with van der Waals surface area (Å²) in [5.74, 6) is 0. The van der Waals surface area contributed by atoms with E-state index in [2.05, 4.69) is 80.6 Å². The van der Waals surface area contributed by atoms with Crippen LogP contribution in [0.25, 0.3) is 44.2 Å². The maximum absolute atomic E-state index is 9.36. The van der Waals surface area contributed by atoms with Crippen molar-refractivity contribution in [2.75, 3.05) is 4.90 Å². The van der Waals surface area contributed by atoms with Crippen LogP contribution >= 0.6 is 0 Å². The first-order valence-corrected chi connectivity index (χ1v) is 15.0. The second kappa shape index (κ2) is 10.4. The fourth-order valence-electron chi connectivity index (χ4n) is 6.60. The third-order valence-corrected chi connectivity index (χ3v) is 8.91. The van der Waals surface area contributed by atoms with E-state index in [9.17, 15) is 5.48 Å². The Labute approximate surface area is 265 Å². The molecule has 0 aromatic heterocycles. The van der Waals surface area contributed by atoms with Crippen LogP contribution in [0.5, 0.6) is 0 Å². The van der Waals surface area contributed by atoms with Crippen molar-refractivity contribution in [3.63, 3.8) is 0 Å². The predicted octanol–water partition coefficient (Wildman–Crippen LogP) is 11.9. The Morgan fingerprint density at radius 3 is 1.91 bits per heavy atom. The van der Waals surface area contributed by atoms with Crippen molar-refractivity contribution in [3.8, 4) is 33.4 Å². The van der Waals surface area contributed by atoms with Crippen molar-refractivity contribution in [1.29, 1.82) is 0 Å². The zero-order valence-electron chi connectivity index (χ0n) is 28.7. The van der Waals surface area contributed by atoms with Crippen molar-refractivity contribution >= 4 is 27.8 Å². The van der Waals surface area contributed by atoms with E-state index in [0.717, 1.165) is 33.3 Å². The molecular formula is C43H33N. The first-order chi connectivity index (χ1) is 23.2. The van der Waals surface area contributed by atoms with Gasteiger partial charge in [-0.05, 0) is 104 Å². The number of nitrogens with zero attached hydrogens (tertiary/aromatic N) is 1. The molecule has 7 aromatic rings. The van der Waals surface area contributed by atoms with E-state index in [1.165, 1.54) is 22.3 Å². The molecule has 0 saturated carbocycles. The molecule has 0 spiro atoms. The Morgan fingerprint density at radius 2 is 1.09 bits per heavy atom. The van der Waals surface area contributed by atoms with Gasteiger partial charge in [0.2, 0.25) is 0 Å². The number of fused-ring (bicyclic) bond motifs is 4. The van der Waals surface area contributed by atoms with Crippen molar-refractivity contribution in [2.45, 2.75) is 19.3 Å². The van der Waals surface area contributed by atoms with Gasteiger partial charge in [-0.1, -0.05) is 129 Å². The van der Waals surface area contributed by atoms with Gasteiger partial charge in [0.1, 0.15) is 0 Å². The number of rotatable bonds is 5. The molecule has 0 saturated heterocycles. The number of hydrogen-bond acceptors (Lipinski definition) is 1. The normalized spacial score (nSPS) is 14.2. The first kappa shape index (κ1) is 22.2. The topological polar surface area (TPSA) is 3.24 Å². The Morgan fingerprint density at radius 1 is 0.432 bits per heavy atom. The van der Waals surface area contributed by atoms with Crippen LogP contribution in [0.3, 0.4) is 0 Å². The minimum absolute atomic E-state index is 0.0727. The van der Waals surface area contributed by atoms with Gasteiger partial charge in [-0.3, -0.25) is 0 Å². The monoisotopic (exact) mass is 567 g/mol. The lowest BCUT2D eigenvalue weighted by molar-refractivity contribution is 0.660. The lowest BCUT2D eigenvalue weighted by atomic mass is 9.82. The highest BCUT2D eigenvalue weighted by Gasteiger charge is 2.35. The molecular weight excluding hydrogens is 530 g/mol. The first-order valence-electron chi connectivity index (χ1n) is 17.0. The highest BCUT2D eigenvalue weighted by Crippen LogP contribution is 2.50. The maximum Gasteiger partial charge on any atom is 0.0645 e. The van der Waals surface area contributed by atoms with Gasteiger partial charge in [0.05, 0.1) is 5.48 Å². The number of hydrogen-bond donors (Lipinski definition) is 0. The van der Waals surface area contributed by atoms with Gasteiger partial charge in [-0.25, -0.2) is 0 Å². The number of anilines is 3. The smallest absolute Gasteiger partial charge is 0.0645 e. The predicted molar refractivity (Wildman–Crippen MR) is 187 cm³/mol. The van der Waals surface area contributed by atoms with Gasteiger partial charge in [0.25, 0.3) is 0 Å². The molecule has 1 aliphatic carbocycles. The molecule has 0 aliphatic heterocycles. The lowest BCUT2D eigenvalue weighted by Crippen LogP contribution is -2.16. The van der Waals surface area contributed by atoms with Crippen LogP contribution in [-0.2, 0) is 5.41 Å². The van der Waals surface area contributed by atoms with Crippen LogP contribution in [0.4, 0.5) is 17.1 Å². The summed E-state index contributed by atoms with van der Waals surface area (Å²) >= 11 is 0. The molecule has 1 nitrogen and oxygen atoms in total. The van der Waals surface area contributed by atoms with Crippen molar-refractivity contribution in [2.24, 2.45) is 0 Å². The summed E-state index contributed by atoms with van der Waals surface area (Å²) in [7, 11) is 0. The van der Waals surface area contributed by atoms with Crippen molar-refractivity contribution in [1.82, 2.24) is 0 Å². The summed E-state index contributed by atoms with van der Waals surface area (Å²) in [6.07, 6.45) is 0. The molecule has 0 amide bonds. The summed E-state index contributed by atoms with van der Waals surface area (Å²) < 4.78 is 37.3. The zero-order chi connectivity index (χ0) is 33.2. The summed E-state index contributed by atoms with van der Waals surface area (Å²) in [6.45, 7) is 4.45. The Bertz CT molecular complexity index is 2350. The average Bonchev–Trinajstić information content (AvgIpc) is 3.35. The molecule has 1 aliphatic rings. The van der Waals surface area contributed by atoms with E-state index < -0.39 is 0 Å². The van der Waals surface area contributed by atoms with Crippen LogP contribution in [0.1, 0.15) is 30.5 Å². The standard InChI is InChI=1S/C43H33N/c1-43(2)41-18-9-8-17-39(41)40-26-25-38(29-42(40)43)44(36-15-4-3-5-16-36)37-23-21-31(22-24-37)33-13-10-14-34(27-33)35-20-19-30-11-6-7-12-32(30)28-35/h3-29H,1-2H3/i21D,22D,23D,24D. The molecule has 8 rings (SSSR count). The van der Waals surface area contributed by atoms with Crippen molar-refractivity contribution in [3.05, 3.63) is 175 Å². The highest BCUT2D eigenvalue weighted by molar-refractivity contribution is 5.89. The molecule has 0 bridgehead atoms. The zero-order valence-corrected chi connectivity index (χ0v) is 24.7. The molecule has 44 heavy (non-hydrogen) atoms. The average molecular weight is 568 g/mol. The van der Waals surface area contributed by atoms with Gasteiger partial charge >= 0.3 is 0 Å². The van der Waals surface area contributed by atoms with Gasteiger partial charge in [0, 0.05) is 22.5 Å². The van der Waals surface area contributed by atoms with Gasteiger partial charge in [-0.15, -0.1) is 0 Å².